The molecule has 0 unspecified atom stereocenters. The standard InChI is InChI=1S/C21H26N4O2S/c1-3-4-5-8-14-25-17-11-7-6-10-16(17)22-21(25)28-15-19(26)23-20(27)18-12-9-13-24(18)2/h6-7,9-13H,3-5,8,14-15H2,1-2H3,(H,23,26,27). The summed E-state index contributed by atoms with van der Waals surface area (Å²) in [5, 5.41) is 3.27. The van der Waals surface area contributed by atoms with Gasteiger partial charge in [-0.3, -0.25) is 14.9 Å². The predicted octanol–water partition coefficient (Wildman–Crippen LogP) is 4.00. The van der Waals surface area contributed by atoms with Crippen molar-refractivity contribution < 1.29 is 9.59 Å². The molecule has 2 amide bonds. The predicted molar refractivity (Wildman–Crippen MR) is 112 cm³/mol. The molecule has 0 aliphatic carbocycles. The van der Waals surface area contributed by atoms with Crippen molar-refractivity contribution in [3.63, 3.8) is 0 Å². The molecule has 1 aromatic carbocycles. The van der Waals surface area contributed by atoms with E-state index in [2.05, 4.69) is 27.9 Å². The highest BCUT2D eigenvalue weighted by molar-refractivity contribution is 7.99. The van der Waals surface area contributed by atoms with Crippen LogP contribution in [0.2, 0.25) is 0 Å². The number of thioether (sulfide) groups is 1. The first-order chi connectivity index (χ1) is 13.6. The van der Waals surface area contributed by atoms with E-state index in [-0.39, 0.29) is 17.6 Å². The number of carbonyl (C=O) groups is 2. The van der Waals surface area contributed by atoms with Gasteiger partial charge >= 0.3 is 0 Å². The molecule has 3 aromatic rings. The molecule has 0 fully saturated rings. The van der Waals surface area contributed by atoms with E-state index in [1.54, 1.807) is 29.9 Å². The Morgan fingerprint density at radius 2 is 1.93 bits per heavy atom. The number of fused-ring (bicyclic) bond motifs is 1. The second kappa shape index (κ2) is 9.59. The minimum absolute atomic E-state index is 0.147. The van der Waals surface area contributed by atoms with Gasteiger partial charge in [0.05, 0.1) is 16.8 Å². The highest BCUT2D eigenvalue weighted by Crippen LogP contribution is 2.24. The van der Waals surface area contributed by atoms with Crippen molar-refractivity contribution in [2.45, 2.75) is 44.3 Å². The van der Waals surface area contributed by atoms with Gasteiger partial charge in [-0.1, -0.05) is 50.1 Å². The molecule has 0 spiro atoms. The van der Waals surface area contributed by atoms with Gasteiger partial charge in [-0.15, -0.1) is 0 Å². The molecule has 148 valence electrons. The van der Waals surface area contributed by atoms with Crippen molar-refractivity contribution in [1.82, 2.24) is 19.4 Å². The normalized spacial score (nSPS) is 11.1. The maximum atomic E-state index is 12.3. The Morgan fingerprint density at radius 3 is 2.68 bits per heavy atom. The van der Waals surface area contributed by atoms with Gasteiger partial charge < -0.3 is 9.13 Å². The smallest absolute Gasteiger partial charge is 0.274 e. The van der Waals surface area contributed by atoms with Gasteiger partial charge in [-0.25, -0.2) is 4.98 Å². The molecule has 3 rings (SSSR count). The van der Waals surface area contributed by atoms with Crippen LogP contribution in [-0.2, 0) is 18.4 Å². The van der Waals surface area contributed by atoms with E-state index in [1.165, 1.54) is 31.0 Å². The average molecular weight is 399 g/mol. The molecule has 28 heavy (non-hydrogen) atoms. The Balaban J connectivity index is 1.65. The number of para-hydroxylation sites is 2. The Labute approximate surface area is 169 Å². The number of unbranched alkanes of at least 4 members (excludes halogenated alkanes) is 3. The van der Waals surface area contributed by atoms with E-state index in [0.717, 1.165) is 29.2 Å². The number of benzene rings is 1. The Morgan fingerprint density at radius 1 is 1.11 bits per heavy atom. The molecule has 0 saturated heterocycles. The molecule has 0 radical (unpaired) electrons. The number of hydrogen-bond acceptors (Lipinski definition) is 4. The zero-order valence-corrected chi connectivity index (χ0v) is 17.2. The van der Waals surface area contributed by atoms with E-state index in [0.29, 0.717) is 5.69 Å². The van der Waals surface area contributed by atoms with Crippen LogP contribution in [-0.4, -0.2) is 31.7 Å². The summed E-state index contributed by atoms with van der Waals surface area (Å²) in [5.41, 5.74) is 2.48. The van der Waals surface area contributed by atoms with Gasteiger partial charge in [0.25, 0.3) is 5.91 Å². The SMILES string of the molecule is CCCCCCn1c(SCC(=O)NC(=O)c2cccn2C)nc2ccccc21. The van der Waals surface area contributed by atoms with E-state index in [1.807, 2.05) is 18.2 Å². The van der Waals surface area contributed by atoms with Crippen LogP contribution in [0.5, 0.6) is 0 Å². The van der Waals surface area contributed by atoms with Crippen LogP contribution in [0, 0.1) is 0 Å². The van der Waals surface area contributed by atoms with E-state index in [9.17, 15) is 9.59 Å². The molecule has 1 N–H and O–H groups in total. The molecular formula is C21H26N4O2S. The second-order valence-corrected chi connectivity index (χ2v) is 7.71. The molecule has 2 aromatic heterocycles. The fraction of sp³-hybridized carbons (Fsp3) is 0.381. The number of aryl methyl sites for hydroxylation is 2. The molecular weight excluding hydrogens is 372 g/mol. The number of amides is 2. The number of imide groups is 1. The van der Waals surface area contributed by atoms with Crippen LogP contribution in [0.15, 0.2) is 47.8 Å². The molecule has 0 aliphatic rings. The first-order valence-corrected chi connectivity index (χ1v) is 10.6. The summed E-state index contributed by atoms with van der Waals surface area (Å²) in [4.78, 5) is 29.1. The Hall–Kier alpha value is -2.54. The fourth-order valence-corrected chi connectivity index (χ4v) is 3.97. The number of hydrogen-bond donors (Lipinski definition) is 1. The lowest BCUT2D eigenvalue weighted by molar-refractivity contribution is -0.117. The number of carbonyl (C=O) groups excluding carboxylic acids is 2. The van der Waals surface area contributed by atoms with Crippen LogP contribution < -0.4 is 5.32 Å². The summed E-state index contributed by atoms with van der Waals surface area (Å²) >= 11 is 1.37. The lowest BCUT2D eigenvalue weighted by Crippen LogP contribution is -2.33. The number of nitrogens with one attached hydrogen (secondary N) is 1. The quantitative estimate of drug-likeness (QED) is 0.437. The van der Waals surface area contributed by atoms with Crippen molar-refractivity contribution in [3.05, 3.63) is 48.3 Å². The lowest BCUT2D eigenvalue weighted by atomic mass is 10.2. The molecule has 6 nitrogen and oxygen atoms in total. The summed E-state index contributed by atoms with van der Waals surface area (Å²) in [6, 6.07) is 11.5. The van der Waals surface area contributed by atoms with Crippen LogP contribution >= 0.6 is 11.8 Å². The van der Waals surface area contributed by atoms with Crippen molar-refractivity contribution in [1.29, 1.82) is 0 Å². The zero-order valence-electron chi connectivity index (χ0n) is 16.4. The van der Waals surface area contributed by atoms with Gasteiger partial charge in [0.15, 0.2) is 5.16 Å². The van der Waals surface area contributed by atoms with Crippen LogP contribution in [0.25, 0.3) is 11.0 Å². The van der Waals surface area contributed by atoms with Crippen LogP contribution in [0.4, 0.5) is 0 Å². The highest BCUT2D eigenvalue weighted by Gasteiger charge is 2.16. The average Bonchev–Trinajstić information content (AvgIpc) is 3.27. The Bertz CT molecular complexity index is 960. The zero-order chi connectivity index (χ0) is 19.9. The molecule has 7 heteroatoms. The summed E-state index contributed by atoms with van der Waals surface area (Å²) in [6.45, 7) is 3.08. The number of imidazole rings is 1. The van der Waals surface area contributed by atoms with Crippen molar-refractivity contribution >= 4 is 34.6 Å². The van der Waals surface area contributed by atoms with Crippen LogP contribution in [0.1, 0.15) is 43.1 Å². The third-order valence-electron chi connectivity index (χ3n) is 4.62. The first kappa shape index (κ1) is 20.2. The summed E-state index contributed by atoms with van der Waals surface area (Å²) in [6.07, 6.45) is 6.45. The van der Waals surface area contributed by atoms with Crippen molar-refractivity contribution in [3.8, 4) is 0 Å². The summed E-state index contributed by atoms with van der Waals surface area (Å²) in [5.74, 6) is -0.555. The third kappa shape index (κ3) is 4.84. The van der Waals surface area contributed by atoms with Crippen molar-refractivity contribution in [2.75, 3.05) is 5.75 Å². The summed E-state index contributed by atoms with van der Waals surface area (Å²) < 4.78 is 3.87. The minimum Gasteiger partial charge on any atom is -0.347 e. The second-order valence-electron chi connectivity index (χ2n) is 6.77. The lowest BCUT2D eigenvalue weighted by Gasteiger charge is -2.09. The maximum Gasteiger partial charge on any atom is 0.274 e. The van der Waals surface area contributed by atoms with E-state index >= 15 is 0 Å². The molecule has 0 atom stereocenters. The van der Waals surface area contributed by atoms with Gasteiger partial charge in [0, 0.05) is 19.8 Å². The Kier molecular flexibility index (Phi) is 6.92. The van der Waals surface area contributed by atoms with Gasteiger partial charge in [-0.2, -0.15) is 0 Å². The topological polar surface area (TPSA) is 68.9 Å². The summed E-state index contributed by atoms with van der Waals surface area (Å²) in [7, 11) is 1.77. The van der Waals surface area contributed by atoms with Gasteiger partial charge in [-0.05, 0) is 30.7 Å². The number of aromatic nitrogens is 3. The number of rotatable bonds is 9. The molecule has 0 saturated carbocycles. The molecule has 0 aliphatic heterocycles. The van der Waals surface area contributed by atoms with E-state index < -0.39 is 0 Å². The highest BCUT2D eigenvalue weighted by atomic mass is 32.2. The molecule has 0 bridgehead atoms. The number of nitrogens with zero attached hydrogens (tertiary/aromatic N) is 3. The third-order valence-corrected chi connectivity index (χ3v) is 5.59. The van der Waals surface area contributed by atoms with Crippen molar-refractivity contribution in [2.24, 2.45) is 7.05 Å². The molecule has 2 heterocycles. The monoisotopic (exact) mass is 398 g/mol. The fourth-order valence-electron chi connectivity index (χ4n) is 3.13. The largest absolute Gasteiger partial charge is 0.347 e. The van der Waals surface area contributed by atoms with Gasteiger partial charge in [0.2, 0.25) is 5.91 Å². The minimum atomic E-state index is -0.383. The van der Waals surface area contributed by atoms with Gasteiger partial charge in [0.1, 0.15) is 5.69 Å². The van der Waals surface area contributed by atoms with Crippen LogP contribution in [0.3, 0.4) is 0 Å². The van der Waals surface area contributed by atoms with E-state index in [4.69, 9.17) is 0 Å². The first-order valence-electron chi connectivity index (χ1n) is 9.63. The maximum absolute atomic E-state index is 12.3.